The molecule has 1 atom stereocenters. The van der Waals surface area contributed by atoms with Crippen LogP contribution in [0.15, 0.2) is 22.7 Å². The van der Waals surface area contributed by atoms with E-state index in [4.69, 9.17) is 0 Å². The topological polar surface area (TPSA) is 57.6 Å². The molecule has 0 heterocycles. The molecule has 0 bridgehead atoms. The van der Waals surface area contributed by atoms with E-state index in [0.29, 0.717) is 10.9 Å². The fourth-order valence-corrected chi connectivity index (χ4v) is 2.21. The van der Waals surface area contributed by atoms with Crippen molar-refractivity contribution in [2.24, 2.45) is 0 Å². The van der Waals surface area contributed by atoms with Crippen LogP contribution in [0.25, 0.3) is 0 Å². The molecular weight excluding hydrogens is 305 g/mol. The summed E-state index contributed by atoms with van der Waals surface area (Å²) in [6.07, 6.45) is 2.01. The Morgan fingerprint density at radius 1 is 1.56 bits per heavy atom. The van der Waals surface area contributed by atoms with Crippen molar-refractivity contribution >= 4 is 28.3 Å². The first kappa shape index (κ1) is 13.0. The lowest BCUT2D eigenvalue weighted by Crippen LogP contribution is -2.35. The quantitative estimate of drug-likeness (QED) is 0.848. The zero-order valence-electron chi connectivity index (χ0n) is 9.35. The third-order valence-electron chi connectivity index (χ3n) is 2.88. The van der Waals surface area contributed by atoms with Crippen LogP contribution in [0.2, 0.25) is 0 Å². The molecule has 0 saturated heterocycles. The first-order valence-electron chi connectivity index (χ1n) is 5.45. The standard InChI is InChI=1S/C12H11BrFNO3/c13-7-1-4-9(10(14)5-7)11(12(17)18)15(6-16)8-2-3-8/h1,4-6,8,11H,2-3H2,(H,17,18). The molecule has 0 aromatic heterocycles. The maximum Gasteiger partial charge on any atom is 0.331 e. The minimum atomic E-state index is -1.26. The summed E-state index contributed by atoms with van der Waals surface area (Å²) in [5.41, 5.74) is 0.00435. The molecule has 2 rings (SSSR count). The smallest absolute Gasteiger partial charge is 0.331 e. The first-order valence-corrected chi connectivity index (χ1v) is 6.24. The van der Waals surface area contributed by atoms with E-state index in [9.17, 15) is 19.1 Å². The number of amides is 1. The summed E-state index contributed by atoms with van der Waals surface area (Å²) in [6.45, 7) is 0. The van der Waals surface area contributed by atoms with Crippen molar-refractivity contribution in [3.8, 4) is 0 Å². The molecule has 0 spiro atoms. The number of carboxylic acids is 1. The molecule has 1 aromatic rings. The van der Waals surface area contributed by atoms with E-state index in [2.05, 4.69) is 15.9 Å². The number of benzene rings is 1. The van der Waals surface area contributed by atoms with Gasteiger partial charge in [0, 0.05) is 16.1 Å². The number of hydrogen-bond acceptors (Lipinski definition) is 2. The first-order chi connectivity index (χ1) is 8.54. The molecular formula is C12H11BrFNO3. The molecule has 96 valence electrons. The highest BCUT2D eigenvalue weighted by atomic mass is 79.9. The van der Waals surface area contributed by atoms with Crippen LogP contribution in [-0.2, 0) is 9.59 Å². The Morgan fingerprint density at radius 3 is 2.67 bits per heavy atom. The SMILES string of the molecule is O=CN(C1CC1)C(C(=O)O)c1ccc(Br)cc1F. The average Bonchev–Trinajstić information content (AvgIpc) is 3.10. The number of carbonyl (C=O) groups is 2. The highest BCUT2D eigenvalue weighted by Crippen LogP contribution is 2.34. The molecule has 4 nitrogen and oxygen atoms in total. The Hall–Kier alpha value is -1.43. The summed E-state index contributed by atoms with van der Waals surface area (Å²) < 4.78 is 14.3. The van der Waals surface area contributed by atoms with Gasteiger partial charge >= 0.3 is 5.97 Å². The maximum absolute atomic E-state index is 13.8. The van der Waals surface area contributed by atoms with E-state index in [1.807, 2.05) is 0 Å². The Balaban J connectivity index is 2.40. The molecule has 1 amide bonds. The van der Waals surface area contributed by atoms with Gasteiger partial charge in [0.25, 0.3) is 0 Å². The number of carboxylic acid groups (broad SMARTS) is 1. The third-order valence-corrected chi connectivity index (χ3v) is 3.37. The van der Waals surface area contributed by atoms with E-state index >= 15 is 0 Å². The van der Waals surface area contributed by atoms with Crippen LogP contribution in [0.1, 0.15) is 24.4 Å². The normalized spacial score (nSPS) is 16.1. The fourth-order valence-electron chi connectivity index (χ4n) is 1.87. The number of carbonyl (C=O) groups excluding carboxylic acids is 1. The molecule has 1 saturated carbocycles. The summed E-state index contributed by atoms with van der Waals surface area (Å²) in [6, 6.07) is 2.79. The van der Waals surface area contributed by atoms with Crippen molar-refractivity contribution < 1.29 is 19.1 Å². The lowest BCUT2D eigenvalue weighted by atomic mass is 10.0. The number of halogens is 2. The Kier molecular flexibility index (Phi) is 3.65. The van der Waals surface area contributed by atoms with Gasteiger partial charge in [0.2, 0.25) is 6.41 Å². The van der Waals surface area contributed by atoms with E-state index in [0.717, 1.165) is 12.8 Å². The third kappa shape index (κ3) is 2.53. The molecule has 0 radical (unpaired) electrons. The molecule has 1 aliphatic rings. The lowest BCUT2D eigenvalue weighted by Gasteiger charge is -2.25. The number of nitrogens with zero attached hydrogens (tertiary/aromatic N) is 1. The predicted molar refractivity (Wildman–Crippen MR) is 65.4 cm³/mol. The van der Waals surface area contributed by atoms with Crippen LogP contribution in [-0.4, -0.2) is 28.4 Å². The summed E-state index contributed by atoms with van der Waals surface area (Å²) in [5, 5.41) is 9.22. The van der Waals surface area contributed by atoms with E-state index < -0.39 is 17.8 Å². The van der Waals surface area contributed by atoms with Gasteiger partial charge in [-0.05, 0) is 25.0 Å². The zero-order chi connectivity index (χ0) is 13.3. The molecule has 1 aromatic carbocycles. The van der Waals surface area contributed by atoms with Gasteiger partial charge in [-0.15, -0.1) is 0 Å². The van der Waals surface area contributed by atoms with Gasteiger partial charge in [0.1, 0.15) is 5.82 Å². The van der Waals surface area contributed by atoms with Crippen molar-refractivity contribution in [2.45, 2.75) is 24.9 Å². The van der Waals surface area contributed by atoms with Gasteiger partial charge in [-0.25, -0.2) is 9.18 Å². The molecule has 0 aliphatic heterocycles. The van der Waals surface area contributed by atoms with Crippen LogP contribution >= 0.6 is 15.9 Å². The second-order valence-electron chi connectivity index (χ2n) is 4.19. The Morgan fingerprint density at radius 2 is 2.22 bits per heavy atom. The summed E-state index contributed by atoms with van der Waals surface area (Å²) in [4.78, 5) is 23.5. The zero-order valence-corrected chi connectivity index (χ0v) is 10.9. The second-order valence-corrected chi connectivity index (χ2v) is 5.11. The van der Waals surface area contributed by atoms with Crippen molar-refractivity contribution in [1.29, 1.82) is 0 Å². The largest absolute Gasteiger partial charge is 0.479 e. The van der Waals surface area contributed by atoms with Crippen molar-refractivity contribution in [3.05, 3.63) is 34.1 Å². The van der Waals surface area contributed by atoms with E-state index in [1.165, 1.54) is 17.0 Å². The van der Waals surface area contributed by atoms with Crippen LogP contribution < -0.4 is 0 Å². The van der Waals surface area contributed by atoms with E-state index in [1.54, 1.807) is 6.07 Å². The van der Waals surface area contributed by atoms with Gasteiger partial charge in [-0.3, -0.25) is 4.79 Å². The Bertz CT molecular complexity index is 490. The highest BCUT2D eigenvalue weighted by molar-refractivity contribution is 9.10. The molecule has 1 unspecified atom stereocenters. The van der Waals surface area contributed by atoms with Crippen LogP contribution in [0, 0.1) is 5.82 Å². The Labute approximate surface area is 112 Å². The number of hydrogen-bond donors (Lipinski definition) is 1. The fraction of sp³-hybridized carbons (Fsp3) is 0.333. The molecule has 18 heavy (non-hydrogen) atoms. The molecule has 1 aliphatic carbocycles. The summed E-state index contributed by atoms with van der Waals surface area (Å²) >= 11 is 3.11. The molecule has 1 N–H and O–H groups in total. The van der Waals surface area contributed by atoms with Crippen LogP contribution in [0.3, 0.4) is 0 Å². The van der Waals surface area contributed by atoms with Gasteiger partial charge < -0.3 is 10.0 Å². The summed E-state index contributed by atoms with van der Waals surface area (Å²) in [5.74, 6) is -1.86. The average molecular weight is 316 g/mol. The maximum atomic E-state index is 13.8. The van der Waals surface area contributed by atoms with Gasteiger partial charge in [-0.1, -0.05) is 22.0 Å². The highest BCUT2D eigenvalue weighted by Gasteiger charge is 2.38. The van der Waals surface area contributed by atoms with Gasteiger partial charge in [0.15, 0.2) is 6.04 Å². The van der Waals surface area contributed by atoms with Crippen LogP contribution in [0.5, 0.6) is 0 Å². The predicted octanol–water partition coefficient (Wildman–Crippen LogP) is 2.33. The van der Waals surface area contributed by atoms with Gasteiger partial charge in [0.05, 0.1) is 0 Å². The van der Waals surface area contributed by atoms with Crippen molar-refractivity contribution in [1.82, 2.24) is 4.90 Å². The van der Waals surface area contributed by atoms with Crippen LogP contribution in [0.4, 0.5) is 4.39 Å². The van der Waals surface area contributed by atoms with Gasteiger partial charge in [-0.2, -0.15) is 0 Å². The van der Waals surface area contributed by atoms with E-state index in [-0.39, 0.29) is 11.6 Å². The van der Waals surface area contributed by atoms with Crippen molar-refractivity contribution in [2.75, 3.05) is 0 Å². The second kappa shape index (κ2) is 5.06. The minimum Gasteiger partial charge on any atom is -0.479 e. The molecule has 1 fully saturated rings. The lowest BCUT2D eigenvalue weighted by molar-refractivity contribution is -0.147. The monoisotopic (exact) mass is 315 g/mol. The number of rotatable bonds is 5. The summed E-state index contributed by atoms with van der Waals surface area (Å²) in [7, 11) is 0. The number of aliphatic carboxylic acids is 1. The molecule has 6 heteroatoms. The minimum absolute atomic E-state index is 0.00435. The van der Waals surface area contributed by atoms with Crippen molar-refractivity contribution in [3.63, 3.8) is 0 Å².